The van der Waals surface area contributed by atoms with Crippen LogP contribution in [-0.4, -0.2) is 20.3 Å². The third-order valence-electron chi connectivity index (χ3n) is 1.52. The number of benzene rings is 1. The molecule has 1 aromatic rings. The van der Waals surface area contributed by atoms with E-state index in [9.17, 15) is 0 Å². The minimum absolute atomic E-state index is 0.591. The van der Waals surface area contributed by atoms with Crippen LogP contribution >= 0.6 is 0 Å². The lowest BCUT2D eigenvalue weighted by Crippen LogP contribution is -1.93. The lowest BCUT2D eigenvalue weighted by molar-refractivity contribution is 0.233. The Morgan fingerprint density at radius 3 is 2.46 bits per heavy atom. The first-order chi connectivity index (χ1) is 6.43. The molecule has 0 heterocycles. The molecule has 0 fully saturated rings. The number of rotatable bonds is 5. The Morgan fingerprint density at radius 2 is 1.77 bits per heavy atom. The molecule has 0 aliphatic carbocycles. The zero-order valence-corrected chi connectivity index (χ0v) is 7.77. The van der Waals surface area contributed by atoms with Crippen molar-refractivity contribution in [2.75, 3.05) is 20.3 Å². The fourth-order valence-corrected chi connectivity index (χ4v) is 0.893. The van der Waals surface area contributed by atoms with E-state index in [2.05, 4.69) is 0 Å². The van der Waals surface area contributed by atoms with Crippen LogP contribution in [0.15, 0.2) is 42.5 Å². The first kappa shape index (κ1) is 9.81. The average molecular weight is 178 g/mol. The van der Waals surface area contributed by atoms with Gasteiger partial charge in [-0.2, -0.15) is 0 Å². The maximum atomic E-state index is 5.41. The van der Waals surface area contributed by atoms with Crippen LogP contribution < -0.4 is 4.74 Å². The van der Waals surface area contributed by atoms with E-state index in [-0.39, 0.29) is 0 Å². The Bertz CT molecular complexity index is 242. The van der Waals surface area contributed by atoms with Gasteiger partial charge in [-0.15, -0.1) is 0 Å². The summed E-state index contributed by atoms with van der Waals surface area (Å²) in [6.45, 7) is 1.23. The summed E-state index contributed by atoms with van der Waals surface area (Å²) in [5, 5.41) is 0. The summed E-state index contributed by atoms with van der Waals surface area (Å²) in [5.41, 5.74) is 0. The number of hydrogen-bond acceptors (Lipinski definition) is 2. The monoisotopic (exact) mass is 178 g/mol. The molecule has 0 radical (unpaired) electrons. The van der Waals surface area contributed by atoms with Gasteiger partial charge >= 0.3 is 0 Å². The maximum absolute atomic E-state index is 5.41. The highest BCUT2D eigenvalue weighted by atomic mass is 16.5. The molecule has 0 spiro atoms. The van der Waals surface area contributed by atoms with E-state index in [1.165, 1.54) is 0 Å². The zero-order valence-electron chi connectivity index (χ0n) is 7.77. The van der Waals surface area contributed by atoms with E-state index in [4.69, 9.17) is 9.47 Å². The molecule has 0 saturated carbocycles. The summed E-state index contributed by atoms with van der Waals surface area (Å²) in [4.78, 5) is 0. The van der Waals surface area contributed by atoms with Crippen LogP contribution in [0.25, 0.3) is 0 Å². The first-order valence-electron chi connectivity index (χ1n) is 4.25. The van der Waals surface area contributed by atoms with Crippen molar-refractivity contribution in [3.05, 3.63) is 42.5 Å². The standard InChI is InChI=1S/C11H14O2/c1-12-9-5-6-10-13-11-7-3-2-4-8-11/h2-8H,9-10H2,1H3/b6-5-. The molecule has 2 nitrogen and oxygen atoms in total. The summed E-state index contributed by atoms with van der Waals surface area (Å²) in [6.07, 6.45) is 3.87. The predicted octanol–water partition coefficient (Wildman–Crippen LogP) is 2.27. The van der Waals surface area contributed by atoms with Gasteiger partial charge in [0.1, 0.15) is 12.4 Å². The third-order valence-corrected chi connectivity index (χ3v) is 1.52. The molecule has 0 unspecified atom stereocenters. The average Bonchev–Trinajstić information content (AvgIpc) is 2.19. The van der Waals surface area contributed by atoms with Gasteiger partial charge in [-0.3, -0.25) is 0 Å². The van der Waals surface area contributed by atoms with Gasteiger partial charge in [0.2, 0.25) is 0 Å². The van der Waals surface area contributed by atoms with Crippen molar-refractivity contribution in [3.8, 4) is 5.75 Å². The zero-order chi connectivity index (χ0) is 9.36. The third kappa shape index (κ3) is 4.33. The van der Waals surface area contributed by atoms with E-state index >= 15 is 0 Å². The van der Waals surface area contributed by atoms with Gasteiger partial charge < -0.3 is 9.47 Å². The van der Waals surface area contributed by atoms with E-state index < -0.39 is 0 Å². The van der Waals surface area contributed by atoms with Crippen molar-refractivity contribution in [2.45, 2.75) is 0 Å². The Hall–Kier alpha value is -1.28. The molecule has 1 rings (SSSR count). The van der Waals surface area contributed by atoms with E-state index in [0.717, 1.165) is 5.75 Å². The molecule has 0 aliphatic rings. The van der Waals surface area contributed by atoms with Gasteiger partial charge in [0, 0.05) is 7.11 Å². The number of para-hydroxylation sites is 1. The maximum Gasteiger partial charge on any atom is 0.119 e. The van der Waals surface area contributed by atoms with Crippen LogP contribution in [0.3, 0.4) is 0 Å². The Balaban J connectivity index is 2.20. The summed E-state index contributed by atoms with van der Waals surface area (Å²) in [5.74, 6) is 0.893. The van der Waals surface area contributed by atoms with Gasteiger partial charge in [-0.25, -0.2) is 0 Å². The fourth-order valence-electron chi connectivity index (χ4n) is 0.893. The van der Waals surface area contributed by atoms with Crippen LogP contribution in [0.1, 0.15) is 0 Å². The Kier molecular flexibility index (Phi) is 4.72. The highest BCUT2D eigenvalue weighted by Gasteiger charge is 1.86. The molecule has 2 heteroatoms. The lowest BCUT2D eigenvalue weighted by atomic mass is 10.3. The van der Waals surface area contributed by atoms with Gasteiger partial charge in [0.25, 0.3) is 0 Å². The second kappa shape index (κ2) is 6.26. The van der Waals surface area contributed by atoms with Gasteiger partial charge in [0.15, 0.2) is 0 Å². The van der Waals surface area contributed by atoms with Crippen molar-refractivity contribution < 1.29 is 9.47 Å². The highest BCUT2D eigenvalue weighted by Crippen LogP contribution is 2.07. The van der Waals surface area contributed by atoms with Crippen molar-refractivity contribution in [1.82, 2.24) is 0 Å². The highest BCUT2D eigenvalue weighted by molar-refractivity contribution is 5.21. The van der Waals surface area contributed by atoms with E-state index in [1.807, 2.05) is 42.5 Å². The van der Waals surface area contributed by atoms with Gasteiger partial charge in [0.05, 0.1) is 6.61 Å². The molecule has 0 aliphatic heterocycles. The van der Waals surface area contributed by atoms with Crippen molar-refractivity contribution >= 4 is 0 Å². The van der Waals surface area contributed by atoms with Crippen molar-refractivity contribution in [2.24, 2.45) is 0 Å². The second-order valence-electron chi connectivity index (χ2n) is 2.55. The minimum atomic E-state index is 0.591. The summed E-state index contributed by atoms with van der Waals surface area (Å²) >= 11 is 0. The molecule has 1 aromatic carbocycles. The fraction of sp³-hybridized carbons (Fsp3) is 0.273. The van der Waals surface area contributed by atoms with E-state index in [0.29, 0.717) is 13.2 Å². The van der Waals surface area contributed by atoms with Gasteiger partial charge in [-0.1, -0.05) is 24.3 Å². The Morgan fingerprint density at radius 1 is 1.08 bits per heavy atom. The Labute approximate surface area is 78.8 Å². The molecule has 0 amide bonds. The molecule has 0 atom stereocenters. The second-order valence-corrected chi connectivity index (χ2v) is 2.55. The summed E-state index contributed by atoms with van der Waals surface area (Å²) < 4.78 is 10.3. The molecule has 0 aromatic heterocycles. The summed E-state index contributed by atoms with van der Waals surface area (Å²) in [7, 11) is 1.67. The molecular weight excluding hydrogens is 164 g/mol. The molecule has 0 bridgehead atoms. The van der Waals surface area contributed by atoms with Crippen LogP contribution in [0.4, 0.5) is 0 Å². The predicted molar refractivity (Wildman–Crippen MR) is 53.0 cm³/mol. The first-order valence-corrected chi connectivity index (χ1v) is 4.25. The summed E-state index contributed by atoms with van der Waals surface area (Å²) in [6, 6.07) is 9.74. The minimum Gasteiger partial charge on any atom is -0.490 e. The van der Waals surface area contributed by atoms with Gasteiger partial charge in [-0.05, 0) is 18.2 Å². The van der Waals surface area contributed by atoms with Crippen LogP contribution in [-0.2, 0) is 4.74 Å². The van der Waals surface area contributed by atoms with Crippen LogP contribution in [0, 0.1) is 0 Å². The molecular formula is C11H14O2. The molecule has 13 heavy (non-hydrogen) atoms. The van der Waals surface area contributed by atoms with Crippen molar-refractivity contribution in [3.63, 3.8) is 0 Å². The number of ether oxygens (including phenoxy) is 2. The topological polar surface area (TPSA) is 18.5 Å². The van der Waals surface area contributed by atoms with Crippen LogP contribution in [0.2, 0.25) is 0 Å². The molecule has 0 saturated heterocycles. The quantitative estimate of drug-likeness (QED) is 0.644. The lowest BCUT2D eigenvalue weighted by Gasteiger charge is -2.01. The van der Waals surface area contributed by atoms with Crippen LogP contribution in [0.5, 0.6) is 5.75 Å². The molecule has 0 N–H and O–H groups in total. The SMILES string of the molecule is COC/C=C\COc1ccccc1. The largest absolute Gasteiger partial charge is 0.490 e. The molecule has 70 valence electrons. The van der Waals surface area contributed by atoms with Crippen molar-refractivity contribution in [1.29, 1.82) is 0 Å². The smallest absolute Gasteiger partial charge is 0.119 e. The number of methoxy groups -OCH3 is 1. The normalized spacial score (nSPS) is 10.5. The van der Waals surface area contributed by atoms with E-state index in [1.54, 1.807) is 7.11 Å². The number of hydrogen-bond donors (Lipinski definition) is 0.